The molecule has 3 rings (SSSR count). The van der Waals surface area contributed by atoms with Crippen molar-refractivity contribution in [2.75, 3.05) is 5.32 Å². The van der Waals surface area contributed by atoms with E-state index < -0.39 is 0 Å². The first-order valence-electron chi connectivity index (χ1n) is 7.31. The fraction of sp³-hybridized carbons (Fsp3) is 0.562. The van der Waals surface area contributed by atoms with Crippen LogP contribution in [-0.2, 0) is 11.2 Å². The van der Waals surface area contributed by atoms with Crippen LogP contribution >= 0.6 is 15.9 Å². The number of alkyl halides is 1. The fourth-order valence-corrected chi connectivity index (χ4v) is 4.11. The van der Waals surface area contributed by atoms with E-state index in [4.69, 9.17) is 0 Å². The van der Waals surface area contributed by atoms with Crippen molar-refractivity contribution >= 4 is 27.5 Å². The molecule has 1 N–H and O–H groups in total. The topological polar surface area (TPSA) is 29.1 Å². The molecule has 1 atom stereocenters. The first kappa shape index (κ1) is 13.2. The number of amides is 1. The molecule has 0 aromatic heterocycles. The van der Waals surface area contributed by atoms with Gasteiger partial charge in [0.1, 0.15) is 0 Å². The van der Waals surface area contributed by atoms with Crippen LogP contribution in [0.4, 0.5) is 5.69 Å². The number of benzene rings is 1. The number of nitrogens with one attached hydrogen (secondary N) is 1. The summed E-state index contributed by atoms with van der Waals surface area (Å²) in [6, 6.07) is 6.42. The van der Waals surface area contributed by atoms with Gasteiger partial charge in [-0.1, -0.05) is 53.7 Å². The van der Waals surface area contributed by atoms with Gasteiger partial charge < -0.3 is 5.32 Å². The second-order valence-corrected chi connectivity index (χ2v) is 6.78. The van der Waals surface area contributed by atoms with Crippen LogP contribution in [0.25, 0.3) is 0 Å². The average Bonchev–Trinajstić information content (AvgIpc) is 2.63. The smallest absolute Gasteiger partial charge is 0.228 e. The molecule has 1 aliphatic heterocycles. The highest BCUT2D eigenvalue weighted by atomic mass is 79.9. The summed E-state index contributed by atoms with van der Waals surface area (Å²) >= 11 is 3.90. The molecular formula is C16H20BrNO. The van der Waals surface area contributed by atoms with Gasteiger partial charge in [-0.3, -0.25) is 4.79 Å². The molecule has 102 valence electrons. The number of rotatable bonds is 2. The first-order chi connectivity index (χ1) is 9.24. The van der Waals surface area contributed by atoms with Crippen LogP contribution < -0.4 is 5.32 Å². The molecule has 2 aliphatic rings. The molecule has 1 saturated carbocycles. The van der Waals surface area contributed by atoms with Gasteiger partial charge in [0.05, 0.1) is 6.42 Å². The molecule has 0 spiro atoms. The lowest BCUT2D eigenvalue weighted by molar-refractivity contribution is -0.115. The molecule has 0 bridgehead atoms. The maximum Gasteiger partial charge on any atom is 0.228 e. The zero-order valence-electron chi connectivity index (χ0n) is 11.1. The predicted molar refractivity (Wildman–Crippen MR) is 81.6 cm³/mol. The number of halogens is 1. The van der Waals surface area contributed by atoms with Crippen LogP contribution in [0, 0.1) is 5.92 Å². The average molecular weight is 322 g/mol. The van der Waals surface area contributed by atoms with Gasteiger partial charge in [0.2, 0.25) is 5.91 Å². The molecule has 0 radical (unpaired) electrons. The standard InChI is InChI=1S/C16H20BrNO/c17-16(11-5-3-1-2-4-6-11)12-7-8-14-13(9-12)10-15(19)18-14/h7-9,11,16H,1-6,10H2,(H,18,19). The van der Waals surface area contributed by atoms with Crippen molar-refractivity contribution in [2.45, 2.75) is 49.8 Å². The minimum absolute atomic E-state index is 0.118. The molecule has 1 aromatic rings. The molecule has 0 saturated heterocycles. The summed E-state index contributed by atoms with van der Waals surface area (Å²) in [4.78, 5) is 11.8. The molecular weight excluding hydrogens is 302 g/mol. The van der Waals surface area contributed by atoms with Gasteiger partial charge in [0.25, 0.3) is 0 Å². The molecule has 19 heavy (non-hydrogen) atoms. The van der Waals surface area contributed by atoms with E-state index in [1.54, 1.807) is 0 Å². The van der Waals surface area contributed by atoms with Crippen LogP contribution in [0.5, 0.6) is 0 Å². The zero-order valence-corrected chi connectivity index (χ0v) is 12.7. The van der Waals surface area contributed by atoms with Crippen LogP contribution in [0.3, 0.4) is 0 Å². The summed E-state index contributed by atoms with van der Waals surface area (Å²) < 4.78 is 0. The van der Waals surface area contributed by atoms with E-state index in [9.17, 15) is 4.79 Å². The van der Waals surface area contributed by atoms with Gasteiger partial charge in [-0.15, -0.1) is 0 Å². The Hall–Kier alpha value is -0.830. The zero-order chi connectivity index (χ0) is 13.2. The molecule has 1 heterocycles. The summed E-state index contributed by atoms with van der Waals surface area (Å²) in [5.41, 5.74) is 3.48. The highest BCUT2D eigenvalue weighted by Crippen LogP contribution is 2.40. The quantitative estimate of drug-likeness (QED) is 0.626. The van der Waals surface area contributed by atoms with Gasteiger partial charge in [0.15, 0.2) is 0 Å². The van der Waals surface area contributed by atoms with Gasteiger partial charge in [-0.2, -0.15) is 0 Å². The Kier molecular flexibility index (Phi) is 3.92. The van der Waals surface area contributed by atoms with Crippen LogP contribution in [0.2, 0.25) is 0 Å². The third-order valence-corrected chi connectivity index (χ3v) is 5.66. The Morgan fingerprint density at radius 3 is 2.63 bits per heavy atom. The van der Waals surface area contributed by atoms with E-state index >= 15 is 0 Å². The van der Waals surface area contributed by atoms with E-state index in [1.165, 1.54) is 44.1 Å². The third kappa shape index (κ3) is 2.86. The Balaban J connectivity index is 1.78. The molecule has 2 nitrogen and oxygen atoms in total. The van der Waals surface area contributed by atoms with Crippen molar-refractivity contribution in [3.05, 3.63) is 29.3 Å². The van der Waals surface area contributed by atoms with Gasteiger partial charge in [-0.05, 0) is 36.0 Å². The lowest BCUT2D eigenvalue weighted by Gasteiger charge is -2.21. The molecule has 1 aromatic carbocycles. The lowest BCUT2D eigenvalue weighted by Crippen LogP contribution is -2.07. The van der Waals surface area contributed by atoms with Gasteiger partial charge in [0, 0.05) is 10.5 Å². The normalized spacial score (nSPS) is 21.6. The predicted octanol–water partition coefficient (Wildman–Crippen LogP) is 4.59. The minimum Gasteiger partial charge on any atom is -0.326 e. The van der Waals surface area contributed by atoms with Gasteiger partial charge >= 0.3 is 0 Å². The Morgan fingerprint density at radius 2 is 1.89 bits per heavy atom. The number of anilines is 1. The fourth-order valence-electron chi connectivity index (χ4n) is 3.30. The summed E-state index contributed by atoms with van der Waals surface area (Å²) in [5, 5.41) is 2.90. The number of hydrogen-bond acceptors (Lipinski definition) is 1. The van der Waals surface area contributed by atoms with E-state index in [2.05, 4.69) is 39.4 Å². The molecule has 1 fully saturated rings. The van der Waals surface area contributed by atoms with Crippen molar-refractivity contribution in [1.82, 2.24) is 0 Å². The summed E-state index contributed by atoms with van der Waals surface area (Å²) in [5.74, 6) is 0.860. The summed E-state index contributed by atoms with van der Waals surface area (Å²) in [7, 11) is 0. The number of carbonyl (C=O) groups is 1. The minimum atomic E-state index is 0.118. The maximum atomic E-state index is 11.4. The maximum absolute atomic E-state index is 11.4. The highest BCUT2D eigenvalue weighted by molar-refractivity contribution is 9.09. The van der Waals surface area contributed by atoms with Crippen LogP contribution in [-0.4, -0.2) is 5.91 Å². The molecule has 1 amide bonds. The number of carbonyl (C=O) groups excluding carboxylic acids is 1. The Labute approximate surface area is 123 Å². The summed E-state index contributed by atoms with van der Waals surface area (Å²) in [6.07, 6.45) is 8.68. The second kappa shape index (κ2) is 5.66. The highest BCUT2D eigenvalue weighted by Gasteiger charge is 2.24. The van der Waals surface area contributed by atoms with E-state index in [0.717, 1.165) is 17.2 Å². The number of fused-ring (bicyclic) bond motifs is 1. The third-order valence-electron chi connectivity index (χ3n) is 4.39. The van der Waals surface area contributed by atoms with Crippen molar-refractivity contribution in [3.63, 3.8) is 0 Å². The lowest BCUT2D eigenvalue weighted by atomic mass is 9.91. The second-order valence-electron chi connectivity index (χ2n) is 5.79. The SMILES string of the molecule is O=C1Cc2cc(C(Br)C3CCCCCC3)ccc2N1. The van der Waals surface area contributed by atoms with E-state index in [-0.39, 0.29) is 5.91 Å². The first-order valence-corrected chi connectivity index (χ1v) is 8.22. The van der Waals surface area contributed by atoms with Crippen molar-refractivity contribution in [1.29, 1.82) is 0 Å². The van der Waals surface area contributed by atoms with Crippen molar-refractivity contribution in [3.8, 4) is 0 Å². The van der Waals surface area contributed by atoms with Crippen LogP contribution in [0.1, 0.15) is 54.5 Å². The Bertz CT molecular complexity index is 478. The van der Waals surface area contributed by atoms with Gasteiger partial charge in [-0.25, -0.2) is 0 Å². The van der Waals surface area contributed by atoms with Crippen molar-refractivity contribution < 1.29 is 4.79 Å². The van der Waals surface area contributed by atoms with E-state index in [0.29, 0.717) is 11.2 Å². The summed E-state index contributed by atoms with van der Waals surface area (Å²) in [6.45, 7) is 0. The van der Waals surface area contributed by atoms with Crippen LogP contribution in [0.15, 0.2) is 18.2 Å². The number of hydrogen-bond donors (Lipinski definition) is 1. The Morgan fingerprint density at radius 1 is 1.16 bits per heavy atom. The van der Waals surface area contributed by atoms with Crippen molar-refractivity contribution in [2.24, 2.45) is 5.92 Å². The molecule has 1 aliphatic carbocycles. The monoisotopic (exact) mass is 321 g/mol. The largest absolute Gasteiger partial charge is 0.326 e. The molecule has 3 heteroatoms. The van der Waals surface area contributed by atoms with E-state index in [1.807, 2.05) is 0 Å². The molecule has 1 unspecified atom stereocenters.